The number of nitrogens with zero attached hydrogens (tertiary/aromatic N) is 3. The van der Waals surface area contributed by atoms with Gasteiger partial charge in [-0.05, 0) is 60.2 Å². The number of hydrogen-bond acceptors (Lipinski definition) is 5. The Kier molecular flexibility index (Phi) is 7.91. The molecule has 41 heavy (non-hydrogen) atoms. The maximum absolute atomic E-state index is 13.0. The smallest absolute Gasteiger partial charge is 0.251 e. The number of benzene rings is 3. The number of primary amides is 1. The van der Waals surface area contributed by atoms with E-state index in [-0.39, 0.29) is 12.2 Å². The fourth-order valence-corrected chi connectivity index (χ4v) is 4.56. The predicted octanol–water partition coefficient (Wildman–Crippen LogP) is 4.68. The molecule has 0 aliphatic rings. The Bertz CT molecular complexity index is 1740. The van der Waals surface area contributed by atoms with Gasteiger partial charge in [-0.1, -0.05) is 47.5 Å². The van der Waals surface area contributed by atoms with Crippen LogP contribution in [0.3, 0.4) is 0 Å². The molecule has 5 rings (SSSR count). The number of carbonyl (C=O) groups is 2. The highest BCUT2D eigenvalue weighted by Gasteiger charge is 2.21. The molecule has 0 aliphatic heterocycles. The summed E-state index contributed by atoms with van der Waals surface area (Å²) >= 11 is 12.4. The fraction of sp³-hybridized carbons (Fsp3) is 0.0667. The van der Waals surface area contributed by atoms with E-state index in [1.807, 2.05) is 6.07 Å². The largest absolute Gasteiger partial charge is 0.619 e. The van der Waals surface area contributed by atoms with Crippen molar-refractivity contribution in [1.29, 1.82) is 0 Å². The molecule has 2 aromatic heterocycles. The van der Waals surface area contributed by atoms with E-state index in [9.17, 15) is 19.9 Å². The van der Waals surface area contributed by atoms with Gasteiger partial charge < -0.3 is 21.4 Å². The lowest BCUT2D eigenvalue weighted by atomic mass is 10.0. The van der Waals surface area contributed by atoms with Gasteiger partial charge in [0.2, 0.25) is 5.91 Å². The summed E-state index contributed by atoms with van der Waals surface area (Å²) in [6.45, 7) is 0. The second-order valence-corrected chi connectivity index (χ2v) is 10.1. The van der Waals surface area contributed by atoms with Crippen molar-refractivity contribution in [1.82, 2.24) is 15.1 Å². The SMILES string of the molecule is NC(=O)[C@H](Cc1ccc(O)cc1)NC(=O)c1ccc(-c2cc(-c3ccc[n+]([O-])c3)nn2-c2ccc(Cl)c(Cl)c2)cc1. The summed E-state index contributed by atoms with van der Waals surface area (Å²) in [6.07, 6.45) is 2.98. The van der Waals surface area contributed by atoms with E-state index in [1.165, 1.54) is 24.5 Å². The standard InChI is InChI=1S/C30H23Cl2N5O4/c31-24-12-9-22(15-25(24)32)37-28(16-26(35-37)21-2-1-13-36(41)17-21)19-5-7-20(8-6-19)30(40)34-27(29(33)39)14-18-3-10-23(38)11-4-18/h1-13,15-17,27,38H,14H2,(H2,33,39)(H,34,40)/t27-/m0/s1. The number of amides is 2. The minimum absolute atomic E-state index is 0.0962. The summed E-state index contributed by atoms with van der Waals surface area (Å²) in [5.74, 6) is -1.05. The number of carbonyl (C=O) groups excluding carboxylic acids is 2. The second kappa shape index (κ2) is 11.7. The molecule has 3 aromatic carbocycles. The zero-order chi connectivity index (χ0) is 29.1. The van der Waals surface area contributed by atoms with Crippen LogP contribution < -0.4 is 15.8 Å². The molecule has 0 fully saturated rings. The molecular weight excluding hydrogens is 565 g/mol. The molecular formula is C30H23Cl2N5O4. The molecule has 0 saturated carbocycles. The number of nitrogens with two attached hydrogens (primary N) is 1. The van der Waals surface area contributed by atoms with Crippen LogP contribution in [-0.4, -0.2) is 32.7 Å². The van der Waals surface area contributed by atoms with Gasteiger partial charge in [-0.3, -0.25) is 9.59 Å². The van der Waals surface area contributed by atoms with Crippen LogP contribution in [0, 0.1) is 5.21 Å². The van der Waals surface area contributed by atoms with Gasteiger partial charge in [0.25, 0.3) is 5.91 Å². The van der Waals surface area contributed by atoms with Gasteiger partial charge in [-0.15, -0.1) is 0 Å². The normalized spacial score (nSPS) is 11.7. The van der Waals surface area contributed by atoms with Crippen LogP contribution in [0.2, 0.25) is 10.0 Å². The van der Waals surface area contributed by atoms with Crippen LogP contribution in [0.1, 0.15) is 15.9 Å². The number of phenolic OH excluding ortho intramolecular Hbond substituents is 1. The molecule has 0 unspecified atom stereocenters. The number of aromatic nitrogens is 3. The Labute approximate surface area is 245 Å². The number of pyridine rings is 1. The molecule has 9 nitrogen and oxygen atoms in total. The van der Waals surface area contributed by atoms with Crippen molar-refractivity contribution in [2.75, 3.05) is 0 Å². The first kappa shape index (κ1) is 27.7. The van der Waals surface area contributed by atoms with Gasteiger partial charge in [0.1, 0.15) is 11.8 Å². The lowest BCUT2D eigenvalue weighted by Crippen LogP contribution is -2.45. The van der Waals surface area contributed by atoms with E-state index in [0.29, 0.717) is 43.0 Å². The lowest BCUT2D eigenvalue weighted by molar-refractivity contribution is -0.604. The first-order valence-corrected chi connectivity index (χ1v) is 13.2. The van der Waals surface area contributed by atoms with Gasteiger partial charge in [0.05, 0.1) is 32.7 Å². The van der Waals surface area contributed by atoms with E-state index in [0.717, 1.165) is 11.1 Å². The van der Waals surface area contributed by atoms with Crippen molar-refractivity contribution >= 4 is 35.0 Å². The number of hydrogen-bond donors (Lipinski definition) is 3. The molecule has 0 aliphatic carbocycles. The Morgan fingerprint density at radius 3 is 2.37 bits per heavy atom. The molecule has 4 N–H and O–H groups in total. The first-order valence-electron chi connectivity index (χ1n) is 12.4. The summed E-state index contributed by atoms with van der Waals surface area (Å²) in [6, 6.07) is 22.5. The van der Waals surface area contributed by atoms with Gasteiger partial charge in [0, 0.05) is 23.6 Å². The Hall–Kier alpha value is -4.86. The van der Waals surface area contributed by atoms with E-state index in [4.69, 9.17) is 34.0 Å². The average molecular weight is 588 g/mol. The molecule has 5 aromatic rings. The third-order valence-electron chi connectivity index (χ3n) is 6.40. The quantitative estimate of drug-likeness (QED) is 0.179. The zero-order valence-corrected chi connectivity index (χ0v) is 22.9. The van der Waals surface area contributed by atoms with Crippen molar-refractivity contribution in [3.8, 4) is 34.0 Å². The minimum atomic E-state index is -0.944. The highest BCUT2D eigenvalue weighted by molar-refractivity contribution is 6.42. The monoisotopic (exact) mass is 587 g/mol. The van der Waals surface area contributed by atoms with E-state index in [1.54, 1.807) is 71.4 Å². The van der Waals surface area contributed by atoms with Crippen LogP contribution in [0.25, 0.3) is 28.2 Å². The molecule has 11 heteroatoms. The van der Waals surface area contributed by atoms with Crippen molar-refractivity contribution in [3.05, 3.63) is 124 Å². The summed E-state index contributed by atoms with van der Waals surface area (Å²) < 4.78 is 2.37. The third kappa shape index (κ3) is 6.32. The van der Waals surface area contributed by atoms with Crippen molar-refractivity contribution in [2.45, 2.75) is 12.5 Å². The number of phenols is 1. The minimum Gasteiger partial charge on any atom is -0.619 e. The van der Waals surface area contributed by atoms with Crippen LogP contribution in [0.5, 0.6) is 5.75 Å². The van der Waals surface area contributed by atoms with E-state index >= 15 is 0 Å². The van der Waals surface area contributed by atoms with Crippen molar-refractivity contribution < 1.29 is 19.4 Å². The maximum Gasteiger partial charge on any atom is 0.251 e. The van der Waals surface area contributed by atoms with Gasteiger partial charge in [-0.2, -0.15) is 9.83 Å². The molecule has 2 heterocycles. The highest BCUT2D eigenvalue weighted by Crippen LogP contribution is 2.31. The van der Waals surface area contributed by atoms with Gasteiger partial charge >= 0.3 is 0 Å². The summed E-state index contributed by atoms with van der Waals surface area (Å²) in [7, 11) is 0. The Balaban J connectivity index is 1.44. The van der Waals surface area contributed by atoms with Crippen LogP contribution in [-0.2, 0) is 11.2 Å². The average Bonchev–Trinajstić information content (AvgIpc) is 3.41. The van der Waals surface area contributed by atoms with Crippen LogP contribution in [0.15, 0.2) is 97.3 Å². The van der Waals surface area contributed by atoms with E-state index in [2.05, 4.69) is 5.32 Å². The van der Waals surface area contributed by atoms with Gasteiger partial charge in [0.15, 0.2) is 12.4 Å². The van der Waals surface area contributed by atoms with E-state index < -0.39 is 17.9 Å². The fourth-order valence-electron chi connectivity index (χ4n) is 4.27. The number of rotatable bonds is 8. The van der Waals surface area contributed by atoms with Gasteiger partial charge in [-0.25, -0.2) is 4.68 Å². The van der Waals surface area contributed by atoms with Crippen LogP contribution >= 0.6 is 23.2 Å². The highest BCUT2D eigenvalue weighted by atomic mass is 35.5. The maximum atomic E-state index is 13.0. The Morgan fingerprint density at radius 1 is 0.976 bits per heavy atom. The zero-order valence-electron chi connectivity index (χ0n) is 21.4. The summed E-state index contributed by atoms with van der Waals surface area (Å²) in [5, 5.41) is 29.5. The van der Waals surface area contributed by atoms with Crippen molar-refractivity contribution in [2.24, 2.45) is 5.73 Å². The molecule has 0 spiro atoms. The topological polar surface area (TPSA) is 137 Å². The Morgan fingerprint density at radius 2 is 1.71 bits per heavy atom. The lowest BCUT2D eigenvalue weighted by Gasteiger charge is -2.16. The second-order valence-electron chi connectivity index (χ2n) is 9.25. The number of nitrogens with one attached hydrogen (secondary N) is 1. The van der Waals surface area contributed by atoms with Crippen LogP contribution in [0.4, 0.5) is 0 Å². The molecule has 0 saturated heterocycles. The number of aromatic hydroxyl groups is 1. The van der Waals surface area contributed by atoms with Crippen molar-refractivity contribution in [3.63, 3.8) is 0 Å². The molecule has 1 atom stereocenters. The molecule has 0 radical (unpaired) electrons. The summed E-state index contributed by atoms with van der Waals surface area (Å²) in [4.78, 5) is 25.0. The molecule has 2 amide bonds. The third-order valence-corrected chi connectivity index (χ3v) is 7.13. The predicted molar refractivity (Wildman–Crippen MR) is 156 cm³/mol. The molecule has 0 bridgehead atoms. The number of halogens is 2. The molecule has 206 valence electrons. The summed E-state index contributed by atoms with van der Waals surface area (Å²) in [5.41, 5.74) is 9.81. The first-order chi connectivity index (χ1) is 19.7.